The summed E-state index contributed by atoms with van der Waals surface area (Å²) in [6.45, 7) is 3.71. The van der Waals surface area contributed by atoms with Gasteiger partial charge in [-0.1, -0.05) is 12.8 Å². The van der Waals surface area contributed by atoms with Gasteiger partial charge in [-0.2, -0.15) is 0 Å². The zero-order valence-corrected chi connectivity index (χ0v) is 8.52. The normalized spacial score (nSPS) is 20.6. The van der Waals surface area contributed by atoms with E-state index in [9.17, 15) is 8.42 Å². The topological polar surface area (TPSA) is 46.2 Å². The van der Waals surface area contributed by atoms with Crippen molar-refractivity contribution in [2.75, 3.05) is 0 Å². The third-order valence-electron chi connectivity index (χ3n) is 2.14. The molecule has 1 N–H and O–H groups in total. The molecule has 1 fully saturated rings. The summed E-state index contributed by atoms with van der Waals surface area (Å²) in [7, 11) is -3.01. The largest absolute Gasteiger partial charge is 0.214 e. The highest BCUT2D eigenvalue weighted by Gasteiger charge is 2.28. The Bertz CT molecular complexity index is 227. The number of hydrogen-bond acceptors (Lipinski definition) is 2. The summed E-state index contributed by atoms with van der Waals surface area (Å²) >= 11 is 0. The minimum Gasteiger partial charge on any atom is -0.212 e. The van der Waals surface area contributed by atoms with Crippen molar-refractivity contribution in [3.63, 3.8) is 0 Å². The highest BCUT2D eigenvalue weighted by Crippen LogP contribution is 2.23. The van der Waals surface area contributed by atoms with Gasteiger partial charge >= 0.3 is 0 Å². The van der Waals surface area contributed by atoms with Gasteiger partial charge in [-0.15, -0.1) is 0 Å². The molecule has 0 aromatic carbocycles. The van der Waals surface area contributed by atoms with Crippen molar-refractivity contribution < 1.29 is 8.42 Å². The summed E-state index contributed by atoms with van der Waals surface area (Å²) in [6, 6.07) is 0.0237. The highest BCUT2D eigenvalue weighted by atomic mass is 32.2. The van der Waals surface area contributed by atoms with Gasteiger partial charge in [0.15, 0.2) is 0 Å². The van der Waals surface area contributed by atoms with Crippen LogP contribution in [0.3, 0.4) is 0 Å². The van der Waals surface area contributed by atoms with Crippen LogP contribution in [0.25, 0.3) is 0 Å². The van der Waals surface area contributed by atoms with Crippen molar-refractivity contribution in [2.24, 2.45) is 0 Å². The van der Waals surface area contributed by atoms with Crippen molar-refractivity contribution in [1.29, 1.82) is 0 Å². The Hall–Kier alpha value is -0.0900. The first-order chi connectivity index (χ1) is 5.52. The van der Waals surface area contributed by atoms with E-state index in [1.807, 2.05) is 13.8 Å². The van der Waals surface area contributed by atoms with Crippen LogP contribution >= 0.6 is 0 Å². The summed E-state index contributed by atoms with van der Waals surface area (Å²) in [5.74, 6) is 0. The Kier molecular flexibility index (Phi) is 3.12. The standard InChI is InChI=1S/C8H17NO2S/c1-7(2)9-12(10,11)8-5-3-4-6-8/h7-9H,3-6H2,1-2H3. The van der Waals surface area contributed by atoms with Crippen molar-refractivity contribution in [1.82, 2.24) is 4.72 Å². The molecule has 4 heteroatoms. The first-order valence-corrected chi connectivity index (χ1v) is 6.08. The summed E-state index contributed by atoms with van der Waals surface area (Å²) < 4.78 is 25.7. The fourth-order valence-electron chi connectivity index (χ4n) is 1.62. The summed E-state index contributed by atoms with van der Waals surface area (Å²) in [6.07, 6.45) is 3.79. The molecule has 0 spiro atoms. The van der Waals surface area contributed by atoms with Gasteiger partial charge in [0.1, 0.15) is 0 Å². The molecule has 72 valence electrons. The molecule has 0 atom stereocenters. The molecular weight excluding hydrogens is 174 g/mol. The zero-order valence-electron chi connectivity index (χ0n) is 7.71. The van der Waals surface area contributed by atoms with Gasteiger partial charge in [-0.25, -0.2) is 13.1 Å². The van der Waals surface area contributed by atoms with Crippen molar-refractivity contribution in [3.8, 4) is 0 Å². The molecule has 0 heterocycles. The average Bonchev–Trinajstić information content (AvgIpc) is 2.32. The molecule has 1 rings (SSSR count). The fraction of sp³-hybridized carbons (Fsp3) is 1.00. The first kappa shape index (κ1) is 9.99. The quantitative estimate of drug-likeness (QED) is 0.730. The minimum atomic E-state index is -3.01. The van der Waals surface area contributed by atoms with E-state index in [-0.39, 0.29) is 11.3 Å². The van der Waals surface area contributed by atoms with E-state index in [0.717, 1.165) is 25.7 Å². The molecule has 0 aromatic rings. The van der Waals surface area contributed by atoms with E-state index >= 15 is 0 Å². The highest BCUT2D eigenvalue weighted by molar-refractivity contribution is 7.90. The Morgan fingerprint density at radius 1 is 1.25 bits per heavy atom. The Morgan fingerprint density at radius 3 is 2.17 bits per heavy atom. The maximum Gasteiger partial charge on any atom is 0.214 e. The van der Waals surface area contributed by atoms with Crippen LogP contribution < -0.4 is 4.72 Å². The Morgan fingerprint density at radius 2 is 1.75 bits per heavy atom. The van der Waals surface area contributed by atoms with Crippen LogP contribution in [0.2, 0.25) is 0 Å². The lowest BCUT2D eigenvalue weighted by atomic mass is 10.4. The fourth-order valence-corrected chi connectivity index (χ4v) is 3.43. The number of sulfonamides is 1. The van der Waals surface area contributed by atoms with Crippen molar-refractivity contribution >= 4 is 10.0 Å². The Labute approximate surface area is 74.6 Å². The molecule has 0 aliphatic heterocycles. The lowest BCUT2D eigenvalue weighted by Gasteiger charge is -2.14. The van der Waals surface area contributed by atoms with Crippen LogP contribution in [0.1, 0.15) is 39.5 Å². The monoisotopic (exact) mass is 191 g/mol. The molecule has 1 aliphatic rings. The average molecular weight is 191 g/mol. The molecule has 0 radical (unpaired) electrons. The maximum absolute atomic E-state index is 11.5. The molecule has 0 saturated heterocycles. The van der Waals surface area contributed by atoms with E-state index < -0.39 is 10.0 Å². The van der Waals surface area contributed by atoms with Gasteiger partial charge in [-0.3, -0.25) is 0 Å². The molecule has 3 nitrogen and oxygen atoms in total. The molecule has 0 aromatic heterocycles. The van der Waals surface area contributed by atoms with Crippen LogP contribution in [-0.4, -0.2) is 19.7 Å². The second-order valence-electron chi connectivity index (χ2n) is 3.72. The van der Waals surface area contributed by atoms with Gasteiger partial charge < -0.3 is 0 Å². The predicted octanol–water partition coefficient (Wildman–Crippen LogP) is 1.26. The number of hydrogen-bond donors (Lipinski definition) is 1. The summed E-state index contributed by atoms with van der Waals surface area (Å²) in [5, 5.41) is -0.125. The van der Waals surface area contributed by atoms with E-state index in [1.165, 1.54) is 0 Å². The van der Waals surface area contributed by atoms with E-state index in [0.29, 0.717) is 0 Å². The van der Waals surface area contributed by atoms with Gasteiger partial charge in [0.2, 0.25) is 10.0 Å². The molecule has 1 saturated carbocycles. The van der Waals surface area contributed by atoms with E-state index in [4.69, 9.17) is 0 Å². The van der Waals surface area contributed by atoms with Crippen molar-refractivity contribution in [2.45, 2.75) is 50.8 Å². The Balaban J connectivity index is 2.58. The van der Waals surface area contributed by atoms with E-state index in [1.54, 1.807) is 0 Å². The van der Waals surface area contributed by atoms with Crippen LogP contribution in [0.4, 0.5) is 0 Å². The SMILES string of the molecule is CC(C)NS(=O)(=O)C1CCCC1. The van der Waals surface area contributed by atoms with Crippen molar-refractivity contribution in [3.05, 3.63) is 0 Å². The number of rotatable bonds is 3. The third kappa shape index (κ3) is 2.45. The molecule has 0 bridgehead atoms. The molecule has 0 unspecified atom stereocenters. The second-order valence-corrected chi connectivity index (χ2v) is 5.72. The van der Waals surface area contributed by atoms with Crippen LogP contribution in [0, 0.1) is 0 Å². The van der Waals surface area contributed by atoms with Crippen LogP contribution in [-0.2, 0) is 10.0 Å². The smallest absolute Gasteiger partial charge is 0.212 e. The number of nitrogens with one attached hydrogen (secondary N) is 1. The van der Waals surface area contributed by atoms with E-state index in [2.05, 4.69) is 4.72 Å². The second kappa shape index (κ2) is 3.75. The van der Waals surface area contributed by atoms with Gasteiger partial charge in [0.05, 0.1) is 5.25 Å². The molecular formula is C8H17NO2S. The lowest BCUT2D eigenvalue weighted by molar-refractivity contribution is 0.553. The summed E-state index contributed by atoms with van der Waals surface area (Å²) in [4.78, 5) is 0. The lowest BCUT2D eigenvalue weighted by Crippen LogP contribution is -2.37. The molecule has 0 amide bonds. The molecule has 1 aliphatic carbocycles. The first-order valence-electron chi connectivity index (χ1n) is 4.53. The zero-order chi connectivity index (χ0) is 9.19. The van der Waals surface area contributed by atoms with Crippen LogP contribution in [0.5, 0.6) is 0 Å². The van der Waals surface area contributed by atoms with Gasteiger partial charge in [-0.05, 0) is 26.7 Å². The van der Waals surface area contributed by atoms with Gasteiger partial charge in [0.25, 0.3) is 0 Å². The maximum atomic E-state index is 11.5. The molecule has 12 heavy (non-hydrogen) atoms. The summed E-state index contributed by atoms with van der Waals surface area (Å²) in [5.41, 5.74) is 0. The minimum absolute atomic E-state index is 0.0237. The van der Waals surface area contributed by atoms with Gasteiger partial charge in [0, 0.05) is 6.04 Å². The van der Waals surface area contributed by atoms with Crippen LogP contribution in [0.15, 0.2) is 0 Å². The third-order valence-corrected chi connectivity index (χ3v) is 4.29. The predicted molar refractivity (Wildman–Crippen MR) is 49.4 cm³/mol.